The Morgan fingerprint density at radius 3 is 2.59 bits per heavy atom. The first-order valence-electron chi connectivity index (χ1n) is 9.67. The summed E-state index contributed by atoms with van der Waals surface area (Å²) in [6.07, 6.45) is 0.437. The number of halogens is 3. The minimum atomic E-state index is -0.559. The van der Waals surface area contributed by atoms with Gasteiger partial charge in [-0.3, -0.25) is 9.89 Å². The van der Waals surface area contributed by atoms with Gasteiger partial charge in [-0.1, -0.05) is 11.2 Å². The molecule has 0 aliphatic carbocycles. The van der Waals surface area contributed by atoms with E-state index in [0.717, 1.165) is 62.7 Å². The van der Waals surface area contributed by atoms with Crippen molar-refractivity contribution in [3.63, 3.8) is 0 Å². The second-order valence-corrected chi connectivity index (χ2v) is 6.91. The molecule has 0 spiro atoms. The lowest BCUT2D eigenvalue weighted by atomic mass is 10.1. The predicted molar refractivity (Wildman–Crippen MR) is 120 cm³/mol. The van der Waals surface area contributed by atoms with E-state index in [1.165, 1.54) is 12.1 Å². The van der Waals surface area contributed by atoms with E-state index >= 15 is 0 Å². The molecule has 6 nitrogen and oxygen atoms in total. The Balaban J connectivity index is 0.00000300. The van der Waals surface area contributed by atoms with Crippen molar-refractivity contribution in [1.29, 1.82) is 0 Å². The highest BCUT2D eigenvalue weighted by Crippen LogP contribution is 2.11. The molecule has 1 aromatic heterocycles. The molecule has 0 amide bonds. The zero-order valence-corrected chi connectivity index (χ0v) is 19.2. The van der Waals surface area contributed by atoms with Gasteiger partial charge in [0.05, 0.1) is 5.69 Å². The first-order valence-corrected chi connectivity index (χ1v) is 9.67. The normalized spacial score (nSPS) is 15.3. The van der Waals surface area contributed by atoms with Gasteiger partial charge < -0.3 is 14.7 Å². The van der Waals surface area contributed by atoms with Crippen LogP contribution in [0, 0.1) is 18.6 Å². The number of nitrogens with one attached hydrogen (secondary N) is 1. The number of piperazine rings is 1. The average Bonchev–Trinajstić information content (AvgIpc) is 3.08. The fourth-order valence-electron chi connectivity index (χ4n) is 3.27. The summed E-state index contributed by atoms with van der Waals surface area (Å²) < 4.78 is 31.9. The molecule has 1 fully saturated rings. The van der Waals surface area contributed by atoms with E-state index < -0.39 is 11.6 Å². The summed E-state index contributed by atoms with van der Waals surface area (Å²) in [7, 11) is 0. The van der Waals surface area contributed by atoms with Crippen LogP contribution in [0.4, 0.5) is 8.78 Å². The summed E-state index contributed by atoms with van der Waals surface area (Å²) in [5.41, 5.74) is 1.43. The molecule has 1 saturated heterocycles. The fourth-order valence-corrected chi connectivity index (χ4v) is 3.27. The van der Waals surface area contributed by atoms with Gasteiger partial charge in [-0.2, -0.15) is 0 Å². The quantitative estimate of drug-likeness (QED) is 0.361. The number of aromatic nitrogens is 1. The van der Waals surface area contributed by atoms with Gasteiger partial charge in [0.15, 0.2) is 5.96 Å². The minimum absolute atomic E-state index is 0. The van der Waals surface area contributed by atoms with Crippen LogP contribution in [-0.2, 0) is 13.0 Å². The Kier molecular flexibility index (Phi) is 9.28. The number of aryl methyl sites for hydroxylation is 1. The number of benzene rings is 1. The molecule has 2 heterocycles. The molecule has 1 aliphatic heterocycles. The summed E-state index contributed by atoms with van der Waals surface area (Å²) in [4.78, 5) is 9.19. The van der Waals surface area contributed by atoms with E-state index in [4.69, 9.17) is 4.52 Å². The topological polar surface area (TPSA) is 56.9 Å². The van der Waals surface area contributed by atoms with Crippen molar-refractivity contribution >= 4 is 29.9 Å². The molecule has 0 atom stereocenters. The van der Waals surface area contributed by atoms with Crippen molar-refractivity contribution in [2.24, 2.45) is 4.99 Å². The Labute approximate surface area is 187 Å². The van der Waals surface area contributed by atoms with Gasteiger partial charge in [0, 0.05) is 57.9 Å². The molecule has 160 valence electrons. The van der Waals surface area contributed by atoms with Gasteiger partial charge in [0.25, 0.3) is 0 Å². The van der Waals surface area contributed by atoms with Crippen LogP contribution in [-0.4, -0.2) is 60.2 Å². The standard InChI is InChI=1S/C20H27F2N5O.HI/c1-3-23-20(24-7-6-16-4-5-17(21)13-19(16)22)27-10-8-26(9-11-27)14-18-12-15(2)28-25-18;/h4-5,12-13H,3,6-11,14H2,1-2H3,(H,23,24);1H. The number of rotatable bonds is 6. The molecule has 3 rings (SSSR count). The van der Waals surface area contributed by atoms with Crippen LogP contribution in [0.5, 0.6) is 0 Å². The van der Waals surface area contributed by atoms with Gasteiger partial charge in [-0.05, 0) is 31.9 Å². The molecule has 1 N–H and O–H groups in total. The van der Waals surface area contributed by atoms with E-state index in [1.807, 2.05) is 19.9 Å². The highest BCUT2D eigenvalue weighted by Gasteiger charge is 2.20. The smallest absolute Gasteiger partial charge is 0.194 e. The Morgan fingerprint density at radius 1 is 1.21 bits per heavy atom. The molecule has 0 saturated carbocycles. The number of guanidine groups is 1. The third-order valence-corrected chi connectivity index (χ3v) is 4.73. The van der Waals surface area contributed by atoms with Crippen LogP contribution in [0.15, 0.2) is 33.8 Å². The van der Waals surface area contributed by atoms with E-state index in [-0.39, 0.29) is 24.0 Å². The van der Waals surface area contributed by atoms with Crippen molar-refractivity contribution in [2.75, 3.05) is 39.3 Å². The van der Waals surface area contributed by atoms with Gasteiger partial charge in [0.1, 0.15) is 17.4 Å². The summed E-state index contributed by atoms with van der Waals surface area (Å²) >= 11 is 0. The number of nitrogens with zero attached hydrogens (tertiary/aromatic N) is 4. The Morgan fingerprint density at radius 2 is 1.97 bits per heavy atom. The van der Waals surface area contributed by atoms with E-state index in [1.54, 1.807) is 0 Å². The molecular formula is C20H28F2IN5O. The molecule has 0 radical (unpaired) electrons. The van der Waals surface area contributed by atoms with Gasteiger partial charge >= 0.3 is 0 Å². The van der Waals surface area contributed by atoms with Crippen molar-refractivity contribution in [3.05, 3.63) is 52.9 Å². The number of hydrogen-bond acceptors (Lipinski definition) is 4. The summed E-state index contributed by atoms with van der Waals surface area (Å²) in [5, 5.41) is 7.36. The van der Waals surface area contributed by atoms with Crippen molar-refractivity contribution in [3.8, 4) is 0 Å². The number of aliphatic imine (C=N–C) groups is 1. The van der Waals surface area contributed by atoms with Crippen molar-refractivity contribution in [1.82, 2.24) is 20.3 Å². The zero-order chi connectivity index (χ0) is 19.9. The molecule has 2 aromatic rings. The highest BCUT2D eigenvalue weighted by atomic mass is 127. The van der Waals surface area contributed by atoms with Gasteiger partial charge in [-0.25, -0.2) is 8.78 Å². The van der Waals surface area contributed by atoms with Crippen LogP contribution in [0.3, 0.4) is 0 Å². The van der Waals surface area contributed by atoms with Crippen LogP contribution in [0.2, 0.25) is 0 Å². The first kappa shape index (κ1) is 23.5. The molecule has 0 bridgehead atoms. The van der Waals surface area contributed by atoms with Crippen LogP contribution >= 0.6 is 24.0 Å². The minimum Gasteiger partial charge on any atom is -0.361 e. The molecule has 1 aliphatic rings. The lowest BCUT2D eigenvalue weighted by molar-refractivity contribution is 0.169. The largest absolute Gasteiger partial charge is 0.361 e. The molecule has 0 unspecified atom stereocenters. The highest BCUT2D eigenvalue weighted by molar-refractivity contribution is 14.0. The van der Waals surface area contributed by atoms with Crippen LogP contribution in [0.1, 0.15) is 23.9 Å². The maximum absolute atomic E-state index is 13.8. The Hall–Kier alpha value is -1.75. The van der Waals surface area contributed by atoms with Gasteiger partial charge in [-0.15, -0.1) is 24.0 Å². The van der Waals surface area contributed by atoms with E-state index in [2.05, 4.69) is 25.3 Å². The molecule has 29 heavy (non-hydrogen) atoms. The maximum Gasteiger partial charge on any atom is 0.194 e. The SMILES string of the molecule is CCNC(=NCCc1ccc(F)cc1F)N1CCN(Cc2cc(C)on2)CC1.I. The second kappa shape index (κ2) is 11.4. The lowest BCUT2D eigenvalue weighted by Gasteiger charge is -2.36. The molecule has 9 heteroatoms. The number of hydrogen-bond donors (Lipinski definition) is 1. The summed E-state index contributed by atoms with van der Waals surface area (Å²) in [5.74, 6) is 0.586. The second-order valence-electron chi connectivity index (χ2n) is 6.91. The van der Waals surface area contributed by atoms with Crippen molar-refractivity contribution in [2.45, 2.75) is 26.8 Å². The molecular weight excluding hydrogens is 491 g/mol. The lowest BCUT2D eigenvalue weighted by Crippen LogP contribution is -2.52. The Bertz CT molecular complexity index is 806. The van der Waals surface area contributed by atoms with Gasteiger partial charge in [0.2, 0.25) is 0 Å². The monoisotopic (exact) mass is 519 g/mol. The third-order valence-electron chi connectivity index (χ3n) is 4.73. The maximum atomic E-state index is 13.8. The summed E-state index contributed by atoms with van der Waals surface area (Å²) in [6.45, 7) is 9.44. The van der Waals surface area contributed by atoms with E-state index in [0.29, 0.717) is 18.5 Å². The zero-order valence-electron chi connectivity index (χ0n) is 16.8. The van der Waals surface area contributed by atoms with E-state index in [9.17, 15) is 8.78 Å². The third kappa shape index (κ3) is 6.91. The van der Waals surface area contributed by atoms with Crippen LogP contribution in [0.25, 0.3) is 0 Å². The predicted octanol–water partition coefficient (Wildman–Crippen LogP) is 3.21. The average molecular weight is 519 g/mol. The first-order chi connectivity index (χ1) is 13.5. The molecule has 1 aromatic carbocycles. The van der Waals surface area contributed by atoms with Crippen molar-refractivity contribution < 1.29 is 13.3 Å². The van der Waals surface area contributed by atoms with Crippen LogP contribution < -0.4 is 5.32 Å². The fraction of sp³-hybridized carbons (Fsp3) is 0.500. The summed E-state index contributed by atoms with van der Waals surface area (Å²) in [6, 6.07) is 5.65.